The smallest absolute Gasteiger partial charge is 0.304 e. The Kier molecular flexibility index (Phi) is 6.17. The van der Waals surface area contributed by atoms with Gasteiger partial charge in [0.1, 0.15) is 0 Å². The van der Waals surface area contributed by atoms with Gasteiger partial charge in [0.25, 0.3) is 0 Å². The van der Waals surface area contributed by atoms with Crippen molar-refractivity contribution < 1.29 is 14.4 Å². The summed E-state index contributed by atoms with van der Waals surface area (Å²) in [5, 5.41) is 12.8. The molecule has 6 nitrogen and oxygen atoms in total. The molecule has 0 bridgehead atoms. The maximum atomic E-state index is 11.0. The lowest BCUT2D eigenvalue weighted by atomic mass is 9.84. The Labute approximate surface area is 125 Å². The highest BCUT2D eigenvalue weighted by atomic mass is 16.5. The lowest BCUT2D eigenvalue weighted by Gasteiger charge is -2.21. The first-order valence-electron chi connectivity index (χ1n) is 7.93. The zero-order valence-corrected chi connectivity index (χ0v) is 12.5. The summed E-state index contributed by atoms with van der Waals surface area (Å²) < 4.78 is 5.16. The van der Waals surface area contributed by atoms with E-state index in [1.165, 1.54) is 38.5 Å². The van der Waals surface area contributed by atoms with Gasteiger partial charge in [0.15, 0.2) is 5.82 Å². The number of hydrogen-bond donors (Lipinski definition) is 2. The van der Waals surface area contributed by atoms with Crippen molar-refractivity contribution in [1.29, 1.82) is 0 Å². The quantitative estimate of drug-likeness (QED) is 0.764. The van der Waals surface area contributed by atoms with E-state index in [4.69, 9.17) is 15.4 Å². The van der Waals surface area contributed by atoms with Crippen LogP contribution in [0, 0.1) is 5.92 Å². The van der Waals surface area contributed by atoms with Gasteiger partial charge in [-0.1, -0.05) is 50.1 Å². The van der Waals surface area contributed by atoms with Crippen molar-refractivity contribution in [3.8, 4) is 0 Å². The molecule has 1 fully saturated rings. The van der Waals surface area contributed by atoms with Crippen molar-refractivity contribution in [2.75, 3.05) is 0 Å². The van der Waals surface area contributed by atoms with E-state index in [0.717, 1.165) is 18.8 Å². The summed E-state index contributed by atoms with van der Waals surface area (Å²) in [6, 6.07) is 0. The summed E-state index contributed by atoms with van der Waals surface area (Å²) >= 11 is 0. The first kappa shape index (κ1) is 15.9. The molecule has 0 aromatic carbocycles. The minimum Gasteiger partial charge on any atom is -0.481 e. The number of aliphatic carboxylic acids is 1. The molecule has 21 heavy (non-hydrogen) atoms. The number of carboxylic acid groups (broad SMARTS) is 1. The Hall–Kier alpha value is -1.43. The van der Waals surface area contributed by atoms with Crippen molar-refractivity contribution in [2.45, 2.75) is 70.3 Å². The van der Waals surface area contributed by atoms with E-state index in [0.29, 0.717) is 11.7 Å². The lowest BCUT2D eigenvalue weighted by molar-refractivity contribution is -0.137. The van der Waals surface area contributed by atoms with Gasteiger partial charge >= 0.3 is 5.97 Å². The Bertz CT molecular complexity index is 441. The molecule has 0 saturated heterocycles. The van der Waals surface area contributed by atoms with E-state index in [-0.39, 0.29) is 18.9 Å². The fraction of sp³-hybridized carbons (Fsp3) is 0.800. The topological polar surface area (TPSA) is 102 Å². The molecule has 1 aliphatic carbocycles. The molecule has 6 heteroatoms. The molecule has 1 heterocycles. The predicted octanol–water partition coefficient (Wildman–Crippen LogP) is 2.84. The van der Waals surface area contributed by atoms with Gasteiger partial charge in [0, 0.05) is 5.92 Å². The van der Waals surface area contributed by atoms with Gasteiger partial charge in [0.05, 0.1) is 13.0 Å². The molecular formula is C15H25N3O3. The molecule has 0 radical (unpaired) electrons. The third kappa shape index (κ3) is 5.12. The first-order chi connectivity index (χ1) is 10.2. The maximum absolute atomic E-state index is 11.0. The zero-order chi connectivity index (χ0) is 15.1. The molecule has 1 atom stereocenters. The number of carboxylic acids is 1. The number of nitrogens with two attached hydrogens (primary N) is 1. The van der Waals surface area contributed by atoms with Crippen LogP contribution in [-0.2, 0) is 11.3 Å². The number of nitrogens with zero attached hydrogens (tertiary/aromatic N) is 2. The predicted molar refractivity (Wildman–Crippen MR) is 77.6 cm³/mol. The van der Waals surface area contributed by atoms with Crippen LogP contribution >= 0.6 is 0 Å². The monoisotopic (exact) mass is 295 g/mol. The minimum atomic E-state index is -0.829. The van der Waals surface area contributed by atoms with E-state index in [1.807, 2.05) is 0 Å². The largest absolute Gasteiger partial charge is 0.481 e. The van der Waals surface area contributed by atoms with Crippen LogP contribution in [0.15, 0.2) is 4.52 Å². The molecule has 1 saturated carbocycles. The second kappa shape index (κ2) is 8.12. The van der Waals surface area contributed by atoms with Crippen molar-refractivity contribution in [1.82, 2.24) is 10.1 Å². The lowest BCUT2D eigenvalue weighted by Crippen LogP contribution is -2.10. The van der Waals surface area contributed by atoms with Gasteiger partial charge in [-0.15, -0.1) is 0 Å². The summed E-state index contributed by atoms with van der Waals surface area (Å²) in [6.45, 7) is 0.214. The van der Waals surface area contributed by atoms with E-state index in [9.17, 15) is 4.79 Å². The highest BCUT2D eigenvalue weighted by molar-refractivity contribution is 5.67. The van der Waals surface area contributed by atoms with E-state index < -0.39 is 5.97 Å². The minimum absolute atomic E-state index is 0.0386. The molecule has 1 unspecified atom stereocenters. The Morgan fingerprint density at radius 1 is 1.38 bits per heavy atom. The van der Waals surface area contributed by atoms with Gasteiger partial charge < -0.3 is 15.4 Å². The molecule has 1 aromatic rings. The Balaban J connectivity index is 1.85. The second-order valence-corrected chi connectivity index (χ2v) is 5.98. The fourth-order valence-corrected chi connectivity index (χ4v) is 3.17. The summed E-state index contributed by atoms with van der Waals surface area (Å²) in [4.78, 5) is 15.2. The Morgan fingerprint density at radius 3 is 2.76 bits per heavy atom. The number of rotatable bonds is 8. The van der Waals surface area contributed by atoms with Crippen LogP contribution in [0.25, 0.3) is 0 Å². The highest BCUT2D eigenvalue weighted by Crippen LogP contribution is 2.30. The van der Waals surface area contributed by atoms with Gasteiger partial charge in [-0.05, 0) is 12.3 Å². The van der Waals surface area contributed by atoms with Crippen molar-refractivity contribution >= 4 is 5.97 Å². The summed E-state index contributed by atoms with van der Waals surface area (Å²) in [7, 11) is 0. The van der Waals surface area contributed by atoms with Gasteiger partial charge in [-0.25, -0.2) is 0 Å². The van der Waals surface area contributed by atoms with Crippen LogP contribution in [0.3, 0.4) is 0 Å². The van der Waals surface area contributed by atoms with E-state index in [2.05, 4.69) is 10.1 Å². The third-order valence-corrected chi connectivity index (χ3v) is 4.33. The van der Waals surface area contributed by atoms with Crippen molar-refractivity contribution in [3.63, 3.8) is 0 Å². The second-order valence-electron chi connectivity index (χ2n) is 5.98. The van der Waals surface area contributed by atoms with Crippen LogP contribution in [0.1, 0.15) is 75.4 Å². The number of aromatic nitrogens is 2. The van der Waals surface area contributed by atoms with E-state index >= 15 is 0 Å². The summed E-state index contributed by atoms with van der Waals surface area (Å²) in [5.41, 5.74) is 5.46. The molecule has 0 amide bonds. The van der Waals surface area contributed by atoms with E-state index in [1.54, 1.807) is 0 Å². The van der Waals surface area contributed by atoms with Gasteiger partial charge in [-0.2, -0.15) is 4.98 Å². The average molecular weight is 295 g/mol. The van der Waals surface area contributed by atoms with Crippen LogP contribution in [0.4, 0.5) is 0 Å². The maximum Gasteiger partial charge on any atom is 0.304 e. The van der Waals surface area contributed by atoms with Crippen molar-refractivity contribution in [3.05, 3.63) is 11.7 Å². The highest BCUT2D eigenvalue weighted by Gasteiger charge is 2.22. The summed E-state index contributed by atoms with van der Waals surface area (Å²) in [5.74, 6) is 0.643. The molecule has 118 valence electrons. The standard InChI is InChI=1S/C15H25N3O3/c16-10-13-17-15(21-18-13)12(9-14(19)20)8-4-7-11-5-2-1-3-6-11/h11-12H,1-10,16H2,(H,19,20). The number of hydrogen-bond acceptors (Lipinski definition) is 5. The average Bonchev–Trinajstić information content (AvgIpc) is 2.96. The van der Waals surface area contributed by atoms with Crippen LogP contribution in [0.5, 0.6) is 0 Å². The molecule has 1 aliphatic rings. The van der Waals surface area contributed by atoms with Gasteiger partial charge in [0.2, 0.25) is 5.89 Å². The van der Waals surface area contributed by atoms with Gasteiger partial charge in [-0.3, -0.25) is 4.79 Å². The SMILES string of the molecule is NCc1noc(C(CCCC2CCCCC2)CC(=O)O)n1. The summed E-state index contributed by atoms with van der Waals surface area (Å²) in [6.07, 6.45) is 9.70. The molecule has 1 aromatic heterocycles. The zero-order valence-electron chi connectivity index (χ0n) is 12.5. The molecule has 3 N–H and O–H groups in total. The molecule has 0 spiro atoms. The van der Waals surface area contributed by atoms with Crippen LogP contribution < -0.4 is 5.73 Å². The number of carbonyl (C=O) groups is 1. The molecule has 0 aliphatic heterocycles. The van der Waals surface area contributed by atoms with Crippen molar-refractivity contribution in [2.24, 2.45) is 11.7 Å². The third-order valence-electron chi connectivity index (χ3n) is 4.33. The fourth-order valence-electron chi connectivity index (χ4n) is 3.17. The first-order valence-corrected chi connectivity index (χ1v) is 7.93. The molecule has 2 rings (SSSR count). The van der Waals surface area contributed by atoms with Crippen LogP contribution in [-0.4, -0.2) is 21.2 Å². The molecular weight excluding hydrogens is 270 g/mol. The van der Waals surface area contributed by atoms with Crippen LogP contribution in [0.2, 0.25) is 0 Å². The normalized spacial score (nSPS) is 17.8. The Morgan fingerprint density at radius 2 is 2.14 bits per heavy atom.